The maximum absolute atomic E-state index is 14.6. The van der Waals surface area contributed by atoms with Crippen LogP contribution in [0.1, 0.15) is 17.5 Å². The van der Waals surface area contributed by atoms with Gasteiger partial charge in [-0.3, -0.25) is 4.79 Å². The van der Waals surface area contributed by atoms with E-state index in [9.17, 15) is 9.18 Å². The maximum atomic E-state index is 14.6. The monoisotopic (exact) mass is 414 g/mol. The first-order valence-corrected chi connectivity index (χ1v) is 9.78. The highest BCUT2D eigenvalue weighted by Gasteiger charge is 2.16. The summed E-state index contributed by atoms with van der Waals surface area (Å²) >= 11 is 0. The first-order chi connectivity index (χ1) is 14.3. The van der Waals surface area contributed by atoms with Gasteiger partial charge in [0.25, 0.3) is 0 Å². The standard InChI is InChI=1S/C21H27FN6O2/c1-13-11-25-19-18(13)21(27-12-26-19)30-17-6-5-14(9-15(17)22)10-16(23)20(29)24-7-4-8-28(2)3/h5-6,9,11-12,16H,4,7-8,10,23H2,1-3H3,(H,24,29)(H,25,26,27)/t16-/m0/s1. The lowest BCUT2D eigenvalue weighted by Crippen LogP contribution is -2.42. The number of H-pyrrole nitrogens is 1. The van der Waals surface area contributed by atoms with Crippen LogP contribution in [0.3, 0.4) is 0 Å². The normalized spacial score (nSPS) is 12.3. The van der Waals surface area contributed by atoms with Crippen LogP contribution in [0.5, 0.6) is 11.6 Å². The molecule has 0 unspecified atom stereocenters. The first-order valence-electron chi connectivity index (χ1n) is 9.78. The van der Waals surface area contributed by atoms with Gasteiger partial charge in [0.2, 0.25) is 11.8 Å². The van der Waals surface area contributed by atoms with Crippen LogP contribution >= 0.6 is 0 Å². The third kappa shape index (κ3) is 5.31. The smallest absolute Gasteiger partial charge is 0.237 e. The fourth-order valence-corrected chi connectivity index (χ4v) is 3.10. The topological polar surface area (TPSA) is 109 Å². The number of amides is 1. The quantitative estimate of drug-likeness (QED) is 0.463. The summed E-state index contributed by atoms with van der Waals surface area (Å²) in [5.74, 6) is -0.480. The molecular formula is C21H27FN6O2. The molecule has 3 aromatic rings. The van der Waals surface area contributed by atoms with E-state index in [1.54, 1.807) is 12.3 Å². The Morgan fingerprint density at radius 1 is 1.37 bits per heavy atom. The van der Waals surface area contributed by atoms with Crippen LogP contribution in [-0.4, -0.2) is 59.0 Å². The lowest BCUT2D eigenvalue weighted by atomic mass is 10.1. The molecule has 160 valence electrons. The SMILES string of the molecule is Cc1c[nH]c2ncnc(Oc3ccc(C[C@H](N)C(=O)NCCCN(C)C)cc3F)c12. The van der Waals surface area contributed by atoms with Crippen molar-refractivity contribution in [2.45, 2.75) is 25.8 Å². The van der Waals surface area contributed by atoms with Crippen molar-refractivity contribution in [3.8, 4) is 11.6 Å². The van der Waals surface area contributed by atoms with Gasteiger partial charge in [0.1, 0.15) is 12.0 Å². The van der Waals surface area contributed by atoms with Crippen LogP contribution in [0.2, 0.25) is 0 Å². The third-order valence-electron chi connectivity index (χ3n) is 4.71. The molecule has 2 heterocycles. The first kappa shape index (κ1) is 21.7. The number of carbonyl (C=O) groups is 1. The summed E-state index contributed by atoms with van der Waals surface area (Å²) in [4.78, 5) is 25.4. The number of benzene rings is 1. The van der Waals surface area contributed by atoms with E-state index in [1.807, 2.05) is 25.9 Å². The Hall–Kier alpha value is -3.04. The molecule has 0 spiro atoms. The van der Waals surface area contributed by atoms with Crippen molar-refractivity contribution in [3.05, 3.63) is 47.7 Å². The van der Waals surface area contributed by atoms with Gasteiger partial charge in [0.05, 0.1) is 11.4 Å². The van der Waals surface area contributed by atoms with Crippen LogP contribution in [0.4, 0.5) is 4.39 Å². The fraction of sp³-hybridized carbons (Fsp3) is 0.381. The number of aromatic nitrogens is 3. The van der Waals surface area contributed by atoms with Gasteiger partial charge in [0, 0.05) is 12.7 Å². The summed E-state index contributed by atoms with van der Waals surface area (Å²) < 4.78 is 20.3. The Morgan fingerprint density at radius 2 is 2.17 bits per heavy atom. The number of hydrogen-bond donors (Lipinski definition) is 3. The molecule has 0 saturated heterocycles. The van der Waals surface area contributed by atoms with Gasteiger partial charge in [0.15, 0.2) is 11.6 Å². The molecule has 0 aliphatic carbocycles. The zero-order valence-electron chi connectivity index (χ0n) is 17.4. The Morgan fingerprint density at radius 3 is 2.90 bits per heavy atom. The number of nitrogens with one attached hydrogen (secondary N) is 2. The molecule has 0 aliphatic rings. The summed E-state index contributed by atoms with van der Waals surface area (Å²) in [6, 6.07) is 3.79. The van der Waals surface area contributed by atoms with E-state index in [2.05, 4.69) is 20.3 Å². The largest absolute Gasteiger partial charge is 0.435 e. The van der Waals surface area contributed by atoms with Gasteiger partial charge in [-0.25, -0.2) is 14.4 Å². The van der Waals surface area contributed by atoms with Crippen molar-refractivity contribution < 1.29 is 13.9 Å². The molecule has 0 aliphatic heterocycles. The molecule has 0 bridgehead atoms. The summed E-state index contributed by atoms with van der Waals surface area (Å²) in [5.41, 5.74) is 8.11. The van der Waals surface area contributed by atoms with E-state index in [0.29, 0.717) is 23.1 Å². The van der Waals surface area contributed by atoms with Crippen molar-refractivity contribution in [2.24, 2.45) is 5.73 Å². The Labute approximate surface area is 174 Å². The molecule has 4 N–H and O–H groups in total. The second-order valence-electron chi connectivity index (χ2n) is 7.50. The van der Waals surface area contributed by atoms with Crippen LogP contribution in [0, 0.1) is 12.7 Å². The predicted molar refractivity (Wildman–Crippen MR) is 113 cm³/mol. The highest BCUT2D eigenvalue weighted by atomic mass is 19.1. The third-order valence-corrected chi connectivity index (χ3v) is 4.71. The Kier molecular flexibility index (Phi) is 6.96. The number of nitrogens with zero attached hydrogens (tertiary/aromatic N) is 3. The second kappa shape index (κ2) is 9.64. The molecular weight excluding hydrogens is 387 g/mol. The minimum Gasteiger partial charge on any atom is -0.435 e. The van der Waals surface area contributed by atoms with E-state index in [1.165, 1.54) is 18.5 Å². The Balaban J connectivity index is 1.62. The molecule has 3 rings (SSSR count). The second-order valence-corrected chi connectivity index (χ2v) is 7.50. The van der Waals surface area contributed by atoms with Gasteiger partial charge in [-0.05, 0) is 63.7 Å². The van der Waals surface area contributed by atoms with Crippen molar-refractivity contribution in [1.82, 2.24) is 25.2 Å². The van der Waals surface area contributed by atoms with Crippen LogP contribution in [-0.2, 0) is 11.2 Å². The van der Waals surface area contributed by atoms with Crippen molar-refractivity contribution in [1.29, 1.82) is 0 Å². The number of nitrogens with two attached hydrogens (primary N) is 1. The summed E-state index contributed by atoms with van der Waals surface area (Å²) in [5, 5.41) is 3.51. The molecule has 2 aromatic heterocycles. The predicted octanol–water partition coefficient (Wildman–Crippen LogP) is 2.14. The van der Waals surface area contributed by atoms with Crippen molar-refractivity contribution in [3.63, 3.8) is 0 Å². The molecule has 9 heteroatoms. The summed E-state index contributed by atoms with van der Waals surface area (Å²) in [6.07, 6.45) is 4.21. The van der Waals surface area contributed by atoms with E-state index in [0.717, 1.165) is 18.5 Å². The van der Waals surface area contributed by atoms with Crippen molar-refractivity contribution in [2.75, 3.05) is 27.2 Å². The number of rotatable bonds is 9. The molecule has 0 saturated carbocycles. The molecule has 1 amide bonds. The van der Waals surface area contributed by atoms with Gasteiger partial charge < -0.3 is 25.7 Å². The van der Waals surface area contributed by atoms with Crippen LogP contribution in [0.25, 0.3) is 11.0 Å². The average molecular weight is 414 g/mol. The minimum atomic E-state index is -0.750. The van der Waals surface area contributed by atoms with Crippen LogP contribution < -0.4 is 15.8 Å². The molecule has 1 aromatic carbocycles. The van der Waals surface area contributed by atoms with Gasteiger partial charge in [-0.15, -0.1) is 0 Å². The molecule has 30 heavy (non-hydrogen) atoms. The number of hydrogen-bond acceptors (Lipinski definition) is 6. The highest BCUT2D eigenvalue weighted by Crippen LogP contribution is 2.30. The van der Waals surface area contributed by atoms with E-state index in [-0.39, 0.29) is 24.0 Å². The van der Waals surface area contributed by atoms with E-state index < -0.39 is 11.9 Å². The number of aryl methyl sites for hydroxylation is 1. The zero-order valence-corrected chi connectivity index (χ0v) is 17.4. The van der Waals surface area contributed by atoms with Gasteiger partial charge >= 0.3 is 0 Å². The van der Waals surface area contributed by atoms with E-state index in [4.69, 9.17) is 10.5 Å². The fourth-order valence-electron chi connectivity index (χ4n) is 3.10. The molecule has 8 nitrogen and oxygen atoms in total. The summed E-state index contributed by atoms with van der Waals surface area (Å²) in [7, 11) is 3.95. The zero-order chi connectivity index (χ0) is 21.7. The average Bonchev–Trinajstić information content (AvgIpc) is 3.09. The lowest BCUT2D eigenvalue weighted by molar-refractivity contribution is -0.122. The lowest BCUT2D eigenvalue weighted by Gasteiger charge is -2.14. The number of aromatic amines is 1. The number of fused-ring (bicyclic) bond motifs is 1. The van der Waals surface area contributed by atoms with Crippen molar-refractivity contribution >= 4 is 16.9 Å². The Bertz CT molecular complexity index is 1020. The number of carbonyl (C=O) groups excluding carboxylic acids is 1. The van der Waals surface area contributed by atoms with Gasteiger partial charge in [-0.1, -0.05) is 6.07 Å². The molecule has 0 radical (unpaired) electrons. The molecule has 0 fully saturated rings. The maximum Gasteiger partial charge on any atom is 0.237 e. The highest BCUT2D eigenvalue weighted by molar-refractivity contribution is 5.84. The van der Waals surface area contributed by atoms with Crippen LogP contribution in [0.15, 0.2) is 30.7 Å². The number of halogens is 1. The molecule has 1 atom stereocenters. The van der Waals surface area contributed by atoms with E-state index >= 15 is 0 Å². The summed E-state index contributed by atoms with van der Waals surface area (Å²) in [6.45, 7) is 3.32. The van der Waals surface area contributed by atoms with Gasteiger partial charge in [-0.2, -0.15) is 0 Å². The number of ether oxygens (including phenoxy) is 1. The minimum absolute atomic E-state index is 0.0426.